The summed E-state index contributed by atoms with van der Waals surface area (Å²) in [6.45, 7) is 0. The van der Waals surface area contributed by atoms with Gasteiger partial charge in [-0.1, -0.05) is 0 Å². The molecule has 2 aromatic rings. The molecule has 2 heterocycles. The fourth-order valence-corrected chi connectivity index (χ4v) is 1.12. The van der Waals surface area contributed by atoms with E-state index in [0.29, 0.717) is 11.0 Å². The maximum atomic E-state index is 10.5. The van der Waals surface area contributed by atoms with Gasteiger partial charge in [0.2, 0.25) is 0 Å². The van der Waals surface area contributed by atoms with Crippen LogP contribution in [-0.2, 0) is 0 Å². The number of carbonyl (C=O) groups is 1. The van der Waals surface area contributed by atoms with E-state index in [1.54, 1.807) is 0 Å². The second-order valence-electron chi connectivity index (χ2n) is 2.62. The first kappa shape index (κ1) is 10.5. The Hall–Kier alpha value is -1.56. The van der Waals surface area contributed by atoms with Crippen molar-refractivity contribution in [2.24, 2.45) is 0 Å². The summed E-state index contributed by atoms with van der Waals surface area (Å²) in [6.07, 6.45) is 1.25. The third-order valence-corrected chi connectivity index (χ3v) is 1.69. The minimum absolute atomic E-state index is 0. The summed E-state index contributed by atoms with van der Waals surface area (Å²) in [5, 5.41) is 18.3. The summed E-state index contributed by atoms with van der Waals surface area (Å²) >= 11 is 0. The van der Waals surface area contributed by atoms with Gasteiger partial charge in [0.15, 0.2) is 0 Å². The predicted octanol–water partition coefficient (Wildman–Crippen LogP) is 1.54. The number of nitrogens with zero attached hydrogens (tertiary/aromatic N) is 1. The molecule has 0 saturated heterocycles. The molecule has 0 fully saturated rings. The molecule has 14 heavy (non-hydrogen) atoms. The van der Waals surface area contributed by atoms with Crippen LogP contribution < -0.4 is 0 Å². The van der Waals surface area contributed by atoms with E-state index < -0.39 is 5.97 Å². The third-order valence-electron chi connectivity index (χ3n) is 1.69. The molecule has 0 amide bonds. The zero-order chi connectivity index (χ0) is 9.42. The molecule has 0 aliphatic rings. The normalized spacial score (nSPS) is 9.71. The van der Waals surface area contributed by atoms with Crippen molar-refractivity contribution in [3.8, 4) is 5.75 Å². The molecule has 6 heteroatoms. The van der Waals surface area contributed by atoms with Crippen LogP contribution in [-0.4, -0.2) is 26.2 Å². The molecular formula is C8H7BrN2O3. The lowest BCUT2D eigenvalue weighted by atomic mass is 10.3. The van der Waals surface area contributed by atoms with Crippen LogP contribution in [0.25, 0.3) is 11.0 Å². The minimum Gasteiger partial charge on any atom is -0.506 e. The highest BCUT2D eigenvalue weighted by Crippen LogP contribution is 2.17. The largest absolute Gasteiger partial charge is 0.506 e. The van der Waals surface area contributed by atoms with E-state index in [-0.39, 0.29) is 28.4 Å². The number of hydrogen-bond acceptors (Lipinski definition) is 3. The first-order valence-corrected chi connectivity index (χ1v) is 3.58. The number of aromatic nitrogens is 2. The predicted molar refractivity (Wildman–Crippen MR) is 55.0 cm³/mol. The summed E-state index contributed by atoms with van der Waals surface area (Å²) in [5.74, 6) is -1.03. The average Bonchev–Trinajstić information content (AvgIpc) is 2.46. The molecule has 0 aliphatic carbocycles. The number of nitrogens with one attached hydrogen (secondary N) is 1. The van der Waals surface area contributed by atoms with Crippen LogP contribution in [0.3, 0.4) is 0 Å². The first-order chi connectivity index (χ1) is 6.16. The molecule has 0 spiro atoms. The fourth-order valence-electron chi connectivity index (χ4n) is 1.12. The lowest BCUT2D eigenvalue weighted by molar-refractivity contribution is 0.0691. The van der Waals surface area contributed by atoms with E-state index >= 15 is 0 Å². The number of aromatic hydroxyl groups is 1. The number of carboxylic acid groups (broad SMARTS) is 1. The monoisotopic (exact) mass is 258 g/mol. The quantitative estimate of drug-likeness (QED) is 0.725. The van der Waals surface area contributed by atoms with Gasteiger partial charge in [0.1, 0.15) is 17.1 Å². The van der Waals surface area contributed by atoms with Crippen LogP contribution in [0.2, 0.25) is 0 Å². The number of aromatic amines is 1. The third kappa shape index (κ3) is 1.69. The van der Waals surface area contributed by atoms with Gasteiger partial charge in [-0.3, -0.25) is 0 Å². The number of H-pyrrole nitrogens is 1. The van der Waals surface area contributed by atoms with Crippen molar-refractivity contribution in [1.29, 1.82) is 0 Å². The van der Waals surface area contributed by atoms with Crippen molar-refractivity contribution in [3.63, 3.8) is 0 Å². The van der Waals surface area contributed by atoms with Crippen LogP contribution in [0, 0.1) is 0 Å². The zero-order valence-corrected chi connectivity index (χ0v) is 8.60. The van der Waals surface area contributed by atoms with E-state index in [4.69, 9.17) is 10.2 Å². The smallest absolute Gasteiger partial charge is 0.352 e. The van der Waals surface area contributed by atoms with Crippen molar-refractivity contribution in [2.75, 3.05) is 0 Å². The van der Waals surface area contributed by atoms with Crippen molar-refractivity contribution in [3.05, 3.63) is 24.0 Å². The highest BCUT2D eigenvalue weighted by molar-refractivity contribution is 8.93. The molecule has 0 bridgehead atoms. The van der Waals surface area contributed by atoms with Crippen LogP contribution in [0.1, 0.15) is 10.5 Å². The zero-order valence-electron chi connectivity index (χ0n) is 6.89. The highest BCUT2D eigenvalue weighted by Gasteiger charge is 2.07. The Morgan fingerprint density at radius 3 is 2.79 bits per heavy atom. The lowest BCUT2D eigenvalue weighted by Gasteiger charge is -1.88. The van der Waals surface area contributed by atoms with Gasteiger partial charge in [-0.25, -0.2) is 9.78 Å². The fraction of sp³-hybridized carbons (Fsp3) is 0. The number of fused-ring (bicyclic) bond motifs is 1. The summed E-state index contributed by atoms with van der Waals surface area (Å²) in [4.78, 5) is 16.9. The summed E-state index contributed by atoms with van der Waals surface area (Å²) in [5.41, 5.74) is 0.517. The molecule has 2 aromatic heterocycles. The summed E-state index contributed by atoms with van der Waals surface area (Å²) < 4.78 is 0. The van der Waals surface area contributed by atoms with Crippen molar-refractivity contribution < 1.29 is 15.0 Å². The van der Waals surface area contributed by atoms with Gasteiger partial charge in [-0.05, 0) is 12.1 Å². The first-order valence-electron chi connectivity index (χ1n) is 3.58. The molecule has 5 nitrogen and oxygen atoms in total. The average molecular weight is 259 g/mol. The SMILES string of the molecule is Br.O=C(O)c1cc2cc(O)cnc2[nH]1. The maximum absolute atomic E-state index is 10.5. The number of carboxylic acids is 1. The Labute approximate surface area is 89.2 Å². The van der Waals surface area contributed by atoms with Gasteiger partial charge in [-0.2, -0.15) is 0 Å². The molecule has 0 radical (unpaired) electrons. The molecular weight excluding hydrogens is 252 g/mol. The van der Waals surface area contributed by atoms with Crippen LogP contribution >= 0.6 is 17.0 Å². The number of aromatic carboxylic acids is 1. The molecule has 2 rings (SSSR count). The Bertz CT molecular complexity index is 480. The molecule has 0 saturated carbocycles. The minimum atomic E-state index is -1.04. The van der Waals surface area contributed by atoms with Gasteiger partial charge in [0.25, 0.3) is 0 Å². The number of halogens is 1. The van der Waals surface area contributed by atoms with E-state index in [0.717, 1.165) is 0 Å². The van der Waals surface area contributed by atoms with E-state index in [2.05, 4.69) is 9.97 Å². The molecule has 0 atom stereocenters. The lowest BCUT2D eigenvalue weighted by Crippen LogP contribution is -1.94. The Kier molecular flexibility index (Phi) is 2.76. The number of pyridine rings is 1. The van der Waals surface area contributed by atoms with E-state index in [9.17, 15) is 4.79 Å². The standard InChI is InChI=1S/C8H6N2O3.BrH/c11-5-1-4-2-6(8(12)13)10-7(4)9-3-5;/h1-3,11H,(H,9,10)(H,12,13);1H. The van der Waals surface area contributed by atoms with Crippen molar-refractivity contribution >= 4 is 34.0 Å². The maximum Gasteiger partial charge on any atom is 0.352 e. The van der Waals surface area contributed by atoms with E-state index in [1.165, 1.54) is 18.3 Å². The molecule has 0 aliphatic heterocycles. The van der Waals surface area contributed by atoms with Crippen LogP contribution in [0.4, 0.5) is 0 Å². The van der Waals surface area contributed by atoms with Crippen molar-refractivity contribution in [2.45, 2.75) is 0 Å². The van der Waals surface area contributed by atoms with Gasteiger partial charge in [0.05, 0.1) is 6.20 Å². The molecule has 3 N–H and O–H groups in total. The summed E-state index contributed by atoms with van der Waals surface area (Å²) in [7, 11) is 0. The highest BCUT2D eigenvalue weighted by atomic mass is 79.9. The molecule has 74 valence electrons. The topological polar surface area (TPSA) is 86.2 Å². The van der Waals surface area contributed by atoms with Crippen molar-refractivity contribution in [1.82, 2.24) is 9.97 Å². The summed E-state index contributed by atoms with van der Waals surface area (Å²) in [6, 6.07) is 2.87. The second kappa shape index (κ2) is 3.67. The van der Waals surface area contributed by atoms with Crippen LogP contribution in [0.5, 0.6) is 5.75 Å². The number of hydrogen-bond donors (Lipinski definition) is 3. The number of rotatable bonds is 1. The molecule has 0 unspecified atom stereocenters. The second-order valence-corrected chi connectivity index (χ2v) is 2.62. The van der Waals surface area contributed by atoms with Gasteiger partial charge in [0, 0.05) is 5.39 Å². The van der Waals surface area contributed by atoms with Gasteiger partial charge in [-0.15, -0.1) is 17.0 Å². The van der Waals surface area contributed by atoms with E-state index in [1.807, 2.05) is 0 Å². The molecule has 0 aromatic carbocycles. The Morgan fingerprint density at radius 1 is 1.43 bits per heavy atom. The Morgan fingerprint density at radius 2 is 2.14 bits per heavy atom. The van der Waals surface area contributed by atoms with Gasteiger partial charge < -0.3 is 15.2 Å². The van der Waals surface area contributed by atoms with Crippen LogP contribution in [0.15, 0.2) is 18.3 Å². The van der Waals surface area contributed by atoms with Gasteiger partial charge >= 0.3 is 5.97 Å². The Balaban J connectivity index is 0.000000980.